The van der Waals surface area contributed by atoms with Crippen molar-refractivity contribution in [3.63, 3.8) is 0 Å². The zero-order valence-electron chi connectivity index (χ0n) is 12.1. The van der Waals surface area contributed by atoms with E-state index >= 15 is 0 Å². The Labute approximate surface area is 122 Å². The largest absolute Gasteiger partial charge is 0.408 e. The third kappa shape index (κ3) is 4.44. The summed E-state index contributed by atoms with van der Waals surface area (Å²) in [7, 11) is 0. The molecule has 0 aliphatic carbocycles. The van der Waals surface area contributed by atoms with Crippen molar-refractivity contribution >= 4 is 5.91 Å². The Bertz CT molecular complexity index is 410. The van der Waals surface area contributed by atoms with Crippen molar-refractivity contribution in [2.45, 2.75) is 44.4 Å². The number of likely N-dealkylation sites (tertiary alicyclic amines) is 1. The molecule has 2 heterocycles. The molecule has 0 aromatic carbocycles. The highest BCUT2D eigenvalue weighted by atomic mass is 19.4. The van der Waals surface area contributed by atoms with Crippen molar-refractivity contribution in [3.8, 4) is 0 Å². The molecule has 1 saturated heterocycles. The smallest absolute Gasteiger partial charge is 0.377 e. The van der Waals surface area contributed by atoms with Gasteiger partial charge in [0.05, 0.1) is 13.2 Å². The fourth-order valence-corrected chi connectivity index (χ4v) is 2.83. The van der Waals surface area contributed by atoms with Crippen LogP contribution in [0.4, 0.5) is 13.2 Å². The SMILES string of the molecule is CC(=O)N1CC(NCC2=CCCOC2)CCC1C(F)(F)F. The molecule has 4 nitrogen and oxygen atoms in total. The van der Waals surface area contributed by atoms with Crippen molar-refractivity contribution in [1.29, 1.82) is 0 Å². The minimum atomic E-state index is -4.35. The van der Waals surface area contributed by atoms with Crippen LogP contribution in [0.25, 0.3) is 0 Å². The van der Waals surface area contributed by atoms with E-state index in [0.29, 0.717) is 19.6 Å². The molecule has 1 N–H and O–H groups in total. The molecule has 2 aliphatic rings. The van der Waals surface area contributed by atoms with E-state index in [1.54, 1.807) is 0 Å². The molecule has 0 saturated carbocycles. The zero-order chi connectivity index (χ0) is 15.5. The number of piperidine rings is 1. The predicted octanol–water partition coefficient (Wildman–Crippen LogP) is 1.86. The number of hydrogen-bond acceptors (Lipinski definition) is 3. The van der Waals surface area contributed by atoms with Gasteiger partial charge in [-0.25, -0.2) is 0 Å². The molecule has 120 valence electrons. The lowest BCUT2D eigenvalue weighted by molar-refractivity contribution is -0.196. The third-order valence-electron chi connectivity index (χ3n) is 3.96. The summed E-state index contributed by atoms with van der Waals surface area (Å²) in [6.07, 6.45) is -1.01. The molecule has 1 amide bonds. The second-order valence-corrected chi connectivity index (χ2v) is 5.59. The van der Waals surface area contributed by atoms with E-state index in [0.717, 1.165) is 23.5 Å². The summed E-state index contributed by atoms with van der Waals surface area (Å²) in [5.41, 5.74) is 1.12. The molecule has 0 radical (unpaired) electrons. The highest BCUT2D eigenvalue weighted by Gasteiger charge is 2.47. The van der Waals surface area contributed by atoms with Gasteiger partial charge in [-0.1, -0.05) is 6.08 Å². The molecule has 21 heavy (non-hydrogen) atoms. The number of amides is 1. The molecule has 0 spiro atoms. The number of nitrogens with zero attached hydrogens (tertiary/aromatic N) is 1. The summed E-state index contributed by atoms with van der Waals surface area (Å²) < 4.78 is 44.1. The second-order valence-electron chi connectivity index (χ2n) is 5.59. The van der Waals surface area contributed by atoms with Crippen molar-refractivity contribution in [2.24, 2.45) is 0 Å². The Morgan fingerprint density at radius 1 is 1.48 bits per heavy atom. The van der Waals surface area contributed by atoms with Gasteiger partial charge in [0.15, 0.2) is 0 Å². The van der Waals surface area contributed by atoms with Gasteiger partial charge in [-0.2, -0.15) is 13.2 Å². The van der Waals surface area contributed by atoms with Crippen LogP contribution in [0.1, 0.15) is 26.2 Å². The van der Waals surface area contributed by atoms with E-state index < -0.39 is 18.1 Å². The molecule has 2 rings (SSSR count). The average molecular weight is 306 g/mol. The molecule has 1 fully saturated rings. The summed E-state index contributed by atoms with van der Waals surface area (Å²) in [5, 5.41) is 3.24. The number of carbonyl (C=O) groups is 1. The predicted molar refractivity (Wildman–Crippen MR) is 71.8 cm³/mol. The van der Waals surface area contributed by atoms with E-state index in [2.05, 4.69) is 11.4 Å². The lowest BCUT2D eigenvalue weighted by Gasteiger charge is -2.40. The lowest BCUT2D eigenvalue weighted by atomic mass is 9.97. The van der Waals surface area contributed by atoms with Crippen LogP contribution in [-0.2, 0) is 9.53 Å². The Kier molecular flexibility index (Phi) is 5.27. The number of halogens is 3. The van der Waals surface area contributed by atoms with Crippen LogP contribution in [0.5, 0.6) is 0 Å². The first-order valence-corrected chi connectivity index (χ1v) is 7.21. The van der Waals surface area contributed by atoms with Gasteiger partial charge in [-0.3, -0.25) is 4.79 Å². The molecule has 2 unspecified atom stereocenters. The fourth-order valence-electron chi connectivity index (χ4n) is 2.83. The first-order chi connectivity index (χ1) is 9.88. The van der Waals surface area contributed by atoms with Crippen LogP contribution < -0.4 is 5.32 Å². The van der Waals surface area contributed by atoms with Gasteiger partial charge < -0.3 is 15.0 Å². The average Bonchev–Trinajstić information content (AvgIpc) is 2.45. The summed E-state index contributed by atoms with van der Waals surface area (Å²) in [5.74, 6) is -0.524. The van der Waals surface area contributed by atoms with Gasteiger partial charge in [0.2, 0.25) is 5.91 Å². The standard InChI is InChI=1S/C14H21F3N2O2/c1-10(20)19-8-12(4-5-13(19)14(15,16)17)18-7-11-3-2-6-21-9-11/h3,12-13,18H,2,4-9H2,1H3. The molecule has 0 aromatic rings. The molecule has 2 atom stereocenters. The van der Waals surface area contributed by atoms with Crippen LogP contribution in [0.15, 0.2) is 11.6 Å². The number of nitrogens with one attached hydrogen (secondary N) is 1. The van der Waals surface area contributed by atoms with E-state index in [9.17, 15) is 18.0 Å². The van der Waals surface area contributed by atoms with Crippen LogP contribution in [-0.4, -0.2) is 55.4 Å². The van der Waals surface area contributed by atoms with Gasteiger partial charge in [0, 0.05) is 26.1 Å². The van der Waals surface area contributed by atoms with Crippen molar-refractivity contribution in [1.82, 2.24) is 10.2 Å². The molecular formula is C14H21F3N2O2. The monoisotopic (exact) mass is 306 g/mol. The maximum Gasteiger partial charge on any atom is 0.408 e. The number of alkyl halides is 3. The summed E-state index contributed by atoms with van der Waals surface area (Å²) in [4.78, 5) is 12.4. The first kappa shape index (κ1) is 16.3. The first-order valence-electron chi connectivity index (χ1n) is 7.21. The second kappa shape index (κ2) is 6.79. The zero-order valence-corrected chi connectivity index (χ0v) is 12.1. The van der Waals surface area contributed by atoms with Gasteiger partial charge in [0.25, 0.3) is 0 Å². The van der Waals surface area contributed by atoms with Crippen LogP contribution >= 0.6 is 0 Å². The Hall–Kier alpha value is -1.08. The summed E-state index contributed by atoms with van der Waals surface area (Å²) >= 11 is 0. The number of carbonyl (C=O) groups excluding carboxylic acids is 1. The molecule has 0 bridgehead atoms. The number of rotatable bonds is 3. The third-order valence-corrected chi connectivity index (χ3v) is 3.96. The van der Waals surface area contributed by atoms with E-state index in [1.807, 2.05) is 0 Å². The Morgan fingerprint density at radius 3 is 2.81 bits per heavy atom. The van der Waals surface area contributed by atoms with Crippen molar-refractivity contribution in [2.75, 3.05) is 26.3 Å². The van der Waals surface area contributed by atoms with Gasteiger partial charge in [-0.15, -0.1) is 0 Å². The van der Waals surface area contributed by atoms with Crippen molar-refractivity contribution < 1.29 is 22.7 Å². The van der Waals surface area contributed by atoms with Crippen LogP contribution in [0.2, 0.25) is 0 Å². The topological polar surface area (TPSA) is 41.6 Å². The van der Waals surface area contributed by atoms with E-state index in [1.165, 1.54) is 6.92 Å². The van der Waals surface area contributed by atoms with Gasteiger partial charge in [-0.05, 0) is 24.8 Å². The van der Waals surface area contributed by atoms with Crippen LogP contribution in [0.3, 0.4) is 0 Å². The number of ether oxygens (including phenoxy) is 1. The highest BCUT2D eigenvalue weighted by molar-refractivity contribution is 5.74. The fraction of sp³-hybridized carbons (Fsp3) is 0.786. The minimum Gasteiger partial charge on any atom is -0.377 e. The highest BCUT2D eigenvalue weighted by Crippen LogP contribution is 2.32. The molecule has 0 aromatic heterocycles. The molecule has 2 aliphatic heterocycles. The quantitative estimate of drug-likeness (QED) is 0.809. The summed E-state index contributed by atoms with van der Waals surface area (Å²) in [6.45, 7) is 3.19. The Balaban J connectivity index is 1.89. The van der Waals surface area contributed by atoms with Gasteiger partial charge >= 0.3 is 6.18 Å². The van der Waals surface area contributed by atoms with Crippen LogP contribution in [0, 0.1) is 0 Å². The maximum absolute atomic E-state index is 12.9. The Morgan fingerprint density at radius 2 is 2.24 bits per heavy atom. The molecular weight excluding hydrogens is 285 g/mol. The summed E-state index contributed by atoms with van der Waals surface area (Å²) in [6, 6.07) is -1.75. The van der Waals surface area contributed by atoms with E-state index in [4.69, 9.17) is 4.74 Å². The van der Waals surface area contributed by atoms with E-state index in [-0.39, 0.29) is 19.0 Å². The lowest BCUT2D eigenvalue weighted by Crippen LogP contribution is -2.57. The minimum absolute atomic E-state index is 0.0453. The number of hydrogen-bond donors (Lipinski definition) is 1. The normalized spacial score (nSPS) is 27.4. The van der Waals surface area contributed by atoms with Gasteiger partial charge in [0.1, 0.15) is 6.04 Å². The van der Waals surface area contributed by atoms with Crippen molar-refractivity contribution in [3.05, 3.63) is 11.6 Å². The molecule has 7 heteroatoms. The maximum atomic E-state index is 12.9.